The summed E-state index contributed by atoms with van der Waals surface area (Å²) in [5.74, 6) is 2.01. The molecule has 13 heavy (non-hydrogen) atoms. The van der Waals surface area contributed by atoms with Gasteiger partial charge in [-0.25, -0.2) is 13.1 Å². The third-order valence-corrected chi connectivity index (χ3v) is 3.11. The third-order valence-electron chi connectivity index (χ3n) is 1.17. The molecule has 1 unspecified atom stereocenters. The van der Waals surface area contributed by atoms with E-state index >= 15 is 0 Å². The van der Waals surface area contributed by atoms with Crippen LogP contribution in [0.1, 0.15) is 20.8 Å². The van der Waals surface area contributed by atoms with E-state index in [0.29, 0.717) is 0 Å². The summed E-state index contributed by atoms with van der Waals surface area (Å²) in [6.07, 6.45) is 4.96. The molecule has 0 aliphatic carbocycles. The second-order valence-corrected chi connectivity index (χ2v) is 5.60. The van der Waals surface area contributed by atoms with Gasteiger partial charge in [0.1, 0.15) is 0 Å². The number of hydrogen-bond donors (Lipinski definition) is 2. The van der Waals surface area contributed by atoms with Crippen molar-refractivity contribution in [1.29, 1.82) is 0 Å². The molecule has 0 rings (SSSR count). The number of aliphatic hydroxyl groups is 1. The monoisotopic (exact) mass is 205 g/mol. The minimum Gasteiger partial charge on any atom is -0.394 e. The lowest BCUT2D eigenvalue weighted by Gasteiger charge is -2.22. The molecule has 0 bridgehead atoms. The van der Waals surface area contributed by atoms with E-state index in [1.54, 1.807) is 20.8 Å². The molecule has 0 fully saturated rings. The average Bonchev–Trinajstić information content (AvgIpc) is 1.83. The number of sulfonamides is 1. The Bertz CT molecular complexity index is 294. The maximum absolute atomic E-state index is 11.4. The highest BCUT2D eigenvalue weighted by molar-refractivity contribution is 7.90. The average molecular weight is 205 g/mol. The van der Waals surface area contributed by atoms with E-state index in [1.807, 2.05) is 5.92 Å². The Morgan fingerprint density at radius 1 is 1.54 bits per heavy atom. The Labute approximate surface area is 79.4 Å². The van der Waals surface area contributed by atoms with E-state index in [9.17, 15) is 8.42 Å². The minimum atomic E-state index is -3.62. The van der Waals surface area contributed by atoms with Crippen molar-refractivity contribution in [2.24, 2.45) is 0 Å². The van der Waals surface area contributed by atoms with Crippen LogP contribution in [0.3, 0.4) is 0 Å². The summed E-state index contributed by atoms with van der Waals surface area (Å²) in [6, 6.07) is 0. The highest BCUT2D eigenvalue weighted by Crippen LogP contribution is 2.06. The van der Waals surface area contributed by atoms with Crippen LogP contribution in [0.25, 0.3) is 0 Å². The second kappa shape index (κ2) is 4.09. The normalized spacial score (nSPS) is 15.0. The zero-order chi connectivity index (χ0) is 10.7. The molecule has 0 aromatic carbocycles. The zero-order valence-electron chi connectivity index (χ0n) is 8.03. The molecule has 0 amide bonds. The first-order chi connectivity index (χ1) is 5.73. The van der Waals surface area contributed by atoms with Crippen molar-refractivity contribution in [3.05, 3.63) is 0 Å². The van der Waals surface area contributed by atoms with Crippen molar-refractivity contribution >= 4 is 10.0 Å². The van der Waals surface area contributed by atoms with E-state index < -0.39 is 27.4 Å². The number of hydrogen-bond acceptors (Lipinski definition) is 3. The van der Waals surface area contributed by atoms with Crippen LogP contribution >= 0.6 is 0 Å². The smallest absolute Gasteiger partial charge is 0.228 e. The van der Waals surface area contributed by atoms with Gasteiger partial charge in [-0.3, -0.25) is 0 Å². The molecule has 0 spiro atoms. The summed E-state index contributed by atoms with van der Waals surface area (Å²) in [6.45, 7) is 4.54. The van der Waals surface area contributed by atoms with Crippen LogP contribution in [0.5, 0.6) is 0 Å². The van der Waals surface area contributed by atoms with Crippen LogP contribution in [-0.4, -0.2) is 30.9 Å². The molecule has 0 aromatic heterocycles. The van der Waals surface area contributed by atoms with Crippen molar-refractivity contribution in [2.45, 2.75) is 31.6 Å². The molecule has 0 saturated heterocycles. The number of rotatable bonds is 3. The molecular formula is C8H15NO3S. The Morgan fingerprint density at radius 2 is 2.00 bits per heavy atom. The molecule has 2 N–H and O–H groups in total. The first-order valence-corrected chi connectivity index (χ1v) is 5.37. The van der Waals surface area contributed by atoms with Gasteiger partial charge in [-0.05, 0) is 20.8 Å². The van der Waals surface area contributed by atoms with Crippen molar-refractivity contribution < 1.29 is 13.5 Å². The van der Waals surface area contributed by atoms with Gasteiger partial charge in [-0.15, -0.1) is 6.42 Å². The molecule has 0 aromatic rings. The van der Waals surface area contributed by atoms with Gasteiger partial charge in [0.2, 0.25) is 10.0 Å². The van der Waals surface area contributed by atoms with Gasteiger partial charge < -0.3 is 5.11 Å². The highest BCUT2D eigenvalue weighted by atomic mass is 32.2. The van der Waals surface area contributed by atoms with E-state index in [-0.39, 0.29) is 0 Å². The van der Waals surface area contributed by atoms with Gasteiger partial charge in [-0.2, -0.15) is 0 Å². The van der Waals surface area contributed by atoms with Gasteiger partial charge >= 0.3 is 0 Å². The van der Waals surface area contributed by atoms with Crippen LogP contribution < -0.4 is 4.72 Å². The lowest BCUT2D eigenvalue weighted by atomic mass is 10.1. The molecule has 1 atom stereocenters. The third kappa shape index (κ3) is 4.27. The predicted molar refractivity (Wildman–Crippen MR) is 51.5 cm³/mol. The number of terminal acetylenes is 1. The van der Waals surface area contributed by atoms with Crippen LogP contribution in [0.4, 0.5) is 0 Å². The van der Waals surface area contributed by atoms with E-state index in [0.717, 1.165) is 0 Å². The molecule has 0 aliphatic rings. The summed E-state index contributed by atoms with van der Waals surface area (Å²) < 4.78 is 25.2. The van der Waals surface area contributed by atoms with Gasteiger partial charge in [0.05, 0.1) is 6.61 Å². The topological polar surface area (TPSA) is 66.4 Å². The molecule has 0 radical (unpaired) electrons. The van der Waals surface area contributed by atoms with Crippen LogP contribution in [0.15, 0.2) is 0 Å². The Kier molecular flexibility index (Phi) is 3.91. The fraction of sp³-hybridized carbons (Fsp3) is 0.750. The molecule has 0 saturated carbocycles. The van der Waals surface area contributed by atoms with Gasteiger partial charge in [0.25, 0.3) is 0 Å². The first kappa shape index (κ1) is 12.4. The Hall–Kier alpha value is -0.570. The molecule has 5 heteroatoms. The lowest BCUT2D eigenvalue weighted by molar-refractivity contribution is 0.303. The maximum atomic E-state index is 11.4. The summed E-state index contributed by atoms with van der Waals surface area (Å²) in [5.41, 5.74) is -0.580. The summed E-state index contributed by atoms with van der Waals surface area (Å²) >= 11 is 0. The molecular weight excluding hydrogens is 190 g/mol. The molecule has 4 nitrogen and oxygen atoms in total. The lowest BCUT2D eigenvalue weighted by Crippen LogP contribution is -2.46. The van der Waals surface area contributed by atoms with E-state index in [2.05, 4.69) is 4.72 Å². The second-order valence-electron chi connectivity index (χ2n) is 3.73. The van der Waals surface area contributed by atoms with Gasteiger partial charge in [-0.1, -0.05) is 5.92 Å². The summed E-state index contributed by atoms with van der Waals surface area (Å²) in [7, 11) is -3.62. The summed E-state index contributed by atoms with van der Waals surface area (Å²) in [4.78, 5) is 0. The van der Waals surface area contributed by atoms with E-state index in [4.69, 9.17) is 11.5 Å². The largest absolute Gasteiger partial charge is 0.394 e. The Morgan fingerprint density at radius 3 is 2.23 bits per heavy atom. The number of aliphatic hydroxyl groups excluding tert-OH is 1. The minimum absolute atomic E-state index is 0.568. The fourth-order valence-corrected chi connectivity index (χ4v) is 2.11. The molecule has 76 valence electrons. The van der Waals surface area contributed by atoms with Crippen molar-refractivity contribution in [2.75, 3.05) is 6.61 Å². The van der Waals surface area contributed by atoms with Crippen molar-refractivity contribution in [3.63, 3.8) is 0 Å². The predicted octanol–water partition coefficient (Wildman–Crippen LogP) is -0.302. The SMILES string of the molecule is C#CC(CO)S(=O)(=O)NC(C)(C)C. The number of nitrogens with one attached hydrogen (secondary N) is 1. The van der Waals surface area contributed by atoms with E-state index in [1.165, 1.54) is 0 Å². The maximum Gasteiger partial charge on any atom is 0.228 e. The molecule has 0 heterocycles. The van der Waals surface area contributed by atoms with Crippen LogP contribution in [0, 0.1) is 12.3 Å². The van der Waals surface area contributed by atoms with Gasteiger partial charge in [0, 0.05) is 5.54 Å². The zero-order valence-corrected chi connectivity index (χ0v) is 8.85. The van der Waals surface area contributed by atoms with Gasteiger partial charge in [0.15, 0.2) is 5.25 Å². The van der Waals surface area contributed by atoms with Crippen molar-refractivity contribution in [3.8, 4) is 12.3 Å². The fourth-order valence-electron chi connectivity index (χ4n) is 0.738. The van der Waals surface area contributed by atoms with Crippen LogP contribution in [-0.2, 0) is 10.0 Å². The summed E-state index contributed by atoms with van der Waals surface area (Å²) in [5, 5.41) is 7.52. The first-order valence-electron chi connectivity index (χ1n) is 3.82. The van der Waals surface area contributed by atoms with Crippen LogP contribution in [0.2, 0.25) is 0 Å². The molecule has 0 aliphatic heterocycles. The standard InChI is InChI=1S/C8H15NO3S/c1-5-7(6-10)13(11,12)9-8(2,3)4/h1,7,9-10H,6H2,2-4H3. The Balaban J connectivity index is 4.71. The quantitative estimate of drug-likeness (QED) is 0.622. The van der Waals surface area contributed by atoms with Crippen molar-refractivity contribution in [1.82, 2.24) is 4.72 Å². The highest BCUT2D eigenvalue weighted by Gasteiger charge is 2.27.